The van der Waals surface area contributed by atoms with Crippen molar-refractivity contribution in [2.45, 2.75) is 26.3 Å². The Morgan fingerprint density at radius 1 is 1.40 bits per heavy atom. The molecule has 0 saturated heterocycles. The van der Waals surface area contributed by atoms with E-state index < -0.39 is 12.0 Å². The highest BCUT2D eigenvalue weighted by Gasteiger charge is 2.14. The molecule has 0 aliphatic rings. The molecule has 110 valence electrons. The van der Waals surface area contributed by atoms with E-state index in [4.69, 9.17) is 9.84 Å². The van der Waals surface area contributed by atoms with Crippen molar-refractivity contribution < 1.29 is 19.4 Å². The van der Waals surface area contributed by atoms with Crippen molar-refractivity contribution in [3.05, 3.63) is 29.3 Å². The molecule has 1 unspecified atom stereocenters. The van der Waals surface area contributed by atoms with Crippen molar-refractivity contribution in [1.29, 1.82) is 0 Å². The molecule has 0 radical (unpaired) electrons. The minimum Gasteiger partial charge on any atom is -0.478 e. The van der Waals surface area contributed by atoms with Gasteiger partial charge in [0.1, 0.15) is 0 Å². The van der Waals surface area contributed by atoms with Gasteiger partial charge in [-0.05, 0) is 25.5 Å². The van der Waals surface area contributed by atoms with Crippen molar-refractivity contribution >= 4 is 17.7 Å². The molecule has 0 aliphatic heterocycles. The Bertz CT molecular complexity index is 488. The SMILES string of the molecule is CCC(COC)NC(=O)Nc1ccc(C)cc1C(=O)O. The number of carboxylic acids is 1. The molecule has 1 rings (SSSR count). The van der Waals surface area contributed by atoms with E-state index in [2.05, 4.69) is 10.6 Å². The Labute approximate surface area is 118 Å². The van der Waals surface area contributed by atoms with Crippen LogP contribution in [0.3, 0.4) is 0 Å². The van der Waals surface area contributed by atoms with Gasteiger partial charge in [0.05, 0.1) is 23.9 Å². The van der Waals surface area contributed by atoms with E-state index in [1.807, 2.05) is 6.92 Å². The first-order chi connectivity index (χ1) is 9.47. The fourth-order valence-electron chi connectivity index (χ4n) is 1.75. The van der Waals surface area contributed by atoms with E-state index in [-0.39, 0.29) is 17.3 Å². The van der Waals surface area contributed by atoms with Gasteiger partial charge in [0.15, 0.2) is 0 Å². The van der Waals surface area contributed by atoms with E-state index in [9.17, 15) is 9.59 Å². The smallest absolute Gasteiger partial charge is 0.337 e. The average Bonchev–Trinajstić information content (AvgIpc) is 2.40. The Morgan fingerprint density at radius 3 is 2.65 bits per heavy atom. The monoisotopic (exact) mass is 280 g/mol. The first-order valence-corrected chi connectivity index (χ1v) is 6.38. The molecule has 1 aromatic rings. The van der Waals surface area contributed by atoms with Gasteiger partial charge in [-0.15, -0.1) is 0 Å². The van der Waals surface area contributed by atoms with Crippen LogP contribution in [0, 0.1) is 6.92 Å². The predicted octanol–water partition coefficient (Wildman–Crippen LogP) is 2.24. The van der Waals surface area contributed by atoms with Crippen molar-refractivity contribution in [3.63, 3.8) is 0 Å². The number of aryl methyl sites for hydroxylation is 1. The van der Waals surface area contributed by atoms with Crippen LogP contribution in [0.15, 0.2) is 18.2 Å². The van der Waals surface area contributed by atoms with Crippen LogP contribution < -0.4 is 10.6 Å². The fraction of sp³-hybridized carbons (Fsp3) is 0.429. The summed E-state index contributed by atoms with van der Waals surface area (Å²) in [5.41, 5.74) is 1.16. The number of aromatic carboxylic acids is 1. The number of carbonyl (C=O) groups excluding carboxylic acids is 1. The molecule has 0 aromatic heterocycles. The van der Waals surface area contributed by atoms with Gasteiger partial charge in [-0.1, -0.05) is 18.6 Å². The maximum Gasteiger partial charge on any atom is 0.337 e. The highest BCUT2D eigenvalue weighted by molar-refractivity contribution is 6.00. The number of ether oxygens (including phenoxy) is 1. The van der Waals surface area contributed by atoms with Gasteiger partial charge in [0.2, 0.25) is 0 Å². The maximum absolute atomic E-state index is 11.8. The van der Waals surface area contributed by atoms with Crippen LogP contribution in [-0.2, 0) is 4.74 Å². The molecule has 3 N–H and O–H groups in total. The van der Waals surface area contributed by atoms with Gasteiger partial charge in [0.25, 0.3) is 0 Å². The molecule has 6 nitrogen and oxygen atoms in total. The molecule has 0 aliphatic carbocycles. The van der Waals surface area contributed by atoms with Crippen LogP contribution in [0.25, 0.3) is 0 Å². The zero-order valence-corrected chi connectivity index (χ0v) is 11.9. The van der Waals surface area contributed by atoms with Crippen LogP contribution in [0.5, 0.6) is 0 Å². The zero-order chi connectivity index (χ0) is 15.1. The van der Waals surface area contributed by atoms with Gasteiger partial charge in [-0.25, -0.2) is 9.59 Å². The van der Waals surface area contributed by atoms with Crippen molar-refractivity contribution in [3.8, 4) is 0 Å². The molecule has 1 aromatic carbocycles. The molecule has 0 heterocycles. The molecule has 0 fully saturated rings. The molecule has 2 amide bonds. The van der Waals surface area contributed by atoms with Gasteiger partial charge in [-0.2, -0.15) is 0 Å². The third-order valence-corrected chi connectivity index (χ3v) is 2.85. The standard InChI is InChI=1S/C14H20N2O4/c1-4-10(8-20-3)15-14(19)16-12-6-5-9(2)7-11(12)13(17)18/h5-7,10H,4,8H2,1-3H3,(H,17,18)(H2,15,16,19). The first-order valence-electron chi connectivity index (χ1n) is 6.38. The van der Waals surface area contributed by atoms with Crippen LogP contribution in [0.1, 0.15) is 29.3 Å². The minimum absolute atomic E-state index is 0.0694. The number of hydrogen-bond acceptors (Lipinski definition) is 3. The Morgan fingerprint density at radius 2 is 2.10 bits per heavy atom. The van der Waals surface area contributed by atoms with E-state index in [0.717, 1.165) is 12.0 Å². The van der Waals surface area contributed by atoms with Crippen molar-refractivity contribution in [2.75, 3.05) is 19.0 Å². The minimum atomic E-state index is -1.08. The number of nitrogens with one attached hydrogen (secondary N) is 2. The topological polar surface area (TPSA) is 87.7 Å². The summed E-state index contributed by atoms with van der Waals surface area (Å²) in [6, 6.07) is 4.29. The third-order valence-electron chi connectivity index (χ3n) is 2.85. The van der Waals surface area contributed by atoms with Crippen LogP contribution in [0.2, 0.25) is 0 Å². The van der Waals surface area contributed by atoms with E-state index in [0.29, 0.717) is 6.61 Å². The molecule has 0 saturated carbocycles. The number of carbonyl (C=O) groups is 2. The third kappa shape index (κ3) is 4.55. The number of urea groups is 1. The Kier molecular flexibility index (Phi) is 5.99. The Hall–Kier alpha value is -2.08. The highest BCUT2D eigenvalue weighted by Crippen LogP contribution is 2.17. The number of anilines is 1. The number of amides is 2. The van der Waals surface area contributed by atoms with Gasteiger partial charge < -0.3 is 20.5 Å². The summed E-state index contributed by atoms with van der Waals surface area (Å²) in [5, 5.41) is 14.4. The number of rotatable bonds is 6. The Balaban J connectivity index is 2.77. The van der Waals surface area contributed by atoms with E-state index in [1.165, 1.54) is 6.07 Å². The zero-order valence-electron chi connectivity index (χ0n) is 11.9. The van der Waals surface area contributed by atoms with Crippen LogP contribution in [0.4, 0.5) is 10.5 Å². The largest absolute Gasteiger partial charge is 0.478 e. The quantitative estimate of drug-likeness (QED) is 0.745. The van der Waals surface area contributed by atoms with Crippen molar-refractivity contribution in [1.82, 2.24) is 5.32 Å². The predicted molar refractivity (Wildman–Crippen MR) is 76.2 cm³/mol. The van der Waals surface area contributed by atoms with Crippen LogP contribution in [-0.4, -0.2) is 36.9 Å². The lowest BCUT2D eigenvalue weighted by Gasteiger charge is -2.17. The fourth-order valence-corrected chi connectivity index (χ4v) is 1.75. The highest BCUT2D eigenvalue weighted by atomic mass is 16.5. The second-order valence-electron chi connectivity index (χ2n) is 4.51. The molecule has 6 heteroatoms. The van der Waals surface area contributed by atoms with Crippen molar-refractivity contribution in [2.24, 2.45) is 0 Å². The normalized spacial score (nSPS) is 11.8. The summed E-state index contributed by atoms with van der Waals surface area (Å²) in [6.07, 6.45) is 0.723. The molecule has 1 atom stereocenters. The van der Waals surface area contributed by atoms with Gasteiger partial charge in [-0.3, -0.25) is 0 Å². The summed E-state index contributed by atoms with van der Waals surface area (Å²) in [7, 11) is 1.56. The second kappa shape index (κ2) is 7.49. The number of methoxy groups -OCH3 is 1. The van der Waals surface area contributed by atoms with Crippen LogP contribution >= 0.6 is 0 Å². The van der Waals surface area contributed by atoms with E-state index >= 15 is 0 Å². The summed E-state index contributed by atoms with van der Waals surface area (Å²) < 4.78 is 4.99. The average molecular weight is 280 g/mol. The molecule has 20 heavy (non-hydrogen) atoms. The molecular weight excluding hydrogens is 260 g/mol. The summed E-state index contributed by atoms with van der Waals surface area (Å²) >= 11 is 0. The maximum atomic E-state index is 11.8. The lowest BCUT2D eigenvalue weighted by molar-refractivity contribution is 0.0698. The van der Waals surface area contributed by atoms with E-state index in [1.54, 1.807) is 26.2 Å². The summed E-state index contributed by atoms with van der Waals surface area (Å²) in [4.78, 5) is 23.0. The number of benzene rings is 1. The summed E-state index contributed by atoms with van der Waals surface area (Å²) in [6.45, 7) is 4.13. The van der Waals surface area contributed by atoms with Gasteiger partial charge in [0, 0.05) is 7.11 Å². The lowest BCUT2D eigenvalue weighted by atomic mass is 10.1. The lowest BCUT2D eigenvalue weighted by Crippen LogP contribution is -2.40. The molecular formula is C14H20N2O4. The number of hydrogen-bond donors (Lipinski definition) is 3. The number of carboxylic acid groups (broad SMARTS) is 1. The first kappa shape index (κ1) is 16.0. The molecule has 0 bridgehead atoms. The summed E-state index contributed by atoms with van der Waals surface area (Å²) in [5.74, 6) is -1.08. The van der Waals surface area contributed by atoms with Gasteiger partial charge >= 0.3 is 12.0 Å². The second-order valence-corrected chi connectivity index (χ2v) is 4.51. The molecule has 0 spiro atoms.